The molecular formula is C11H23N3OS. The minimum atomic E-state index is 0.218. The molecule has 1 aliphatic rings. The molecular weight excluding hydrogens is 222 g/mol. The van der Waals surface area contributed by atoms with Crippen LogP contribution in [0.4, 0.5) is 0 Å². The predicted octanol–water partition coefficient (Wildman–Crippen LogP) is 1.07. The van der Waals surface area contributed by atoms with Gasteiger partial charge in [-0.25, -0.2) is 0 Å². The number of nitrogens with two attached hydrogens (primary N) is 1. The average molecular weight is 245 g/mol. The minimum absolute atomic E-state index is 0.218. The van der Waals surface area contributed by atoms with Gasteiger partial charge in [-0.15, -0.1) is 0 Å². The van der Waals surface area contributed by atoms with Gasteiger partial charge in [-0.1, -0.05) is 0 Å². The van der Waals surface area contributed by atoms with Crippen LogP contribution in [-0.2, 0) is 4.74 Å². The number of hydrogen-bond acceptors (Lipinski definition) is 3. The summed E-state index contributed by atoms with van der Waals surface area (Å²) in [4.78, 5) is 4.39. The smallest absolute Gasteiger partial charge is 0.188 e. The Morgan fingerprint density at radius 3 is 2.88 bits per heavy atom. The van der Waals surface area contributed by atoms with E-state index in [0.29, 0.717) is 12.6 Å². The molecule has 0 aromatic carbocycles. The molecule has 1 fully saturated rings. The molecule has 0 aliphatic carbocycles. The molecule has 0 aromatic rings. The molecule has 5 heteroatoms. The zero-order valence-electron chi connectivity index (χ0n) is 10.2. The molecule has 94 valence electrons. The fourth-order valence-electron chi connectivity index (χ4n) is 1.75. The SMILES string of the molecule is COCC(C)NC(N)=NCC1CCSCC1. The zero-order chi connectivity index (χ0) is 11.8. The number of methoxy groups -OCH3 is 1. The highest BCUT2D eigenvalue weighted by Gasteiger charge is 2.13. The van der Waals surface area contributed by atoms with E-state index in [1.165, 1.54) is 24.3 Å². The van der Waals surface area contributed by atoms with Gasteiger partial charge in [0.25, 0.3) is 0 Å². The summed E-state index contributed by atoms with van der Waals surface area (Å²) in [6.45, 7) is 3.54. The lowest BCUT2D eigenvalue weighted by Crippen LogP contribution is -2.41. The third-order valence-corrected chi connectivity index (χ3v) is 3.72. The van der Waals surface area contributed by atoms with Crippen molar-refractivity contribution in [3.8, 4) is 0 Å². The lowest BCUT2D eigenvalue weighted by atomic mass is 10.0. The van der Waals surface area contributed by atoms with Crippen LogP contribution in [0.1, 0.15) is 19.8 Å². The van der Waals surface area contributed by atoms with Crippen LogP contribution in [0.15, 0.2) is 4.99 Å². The summed E-state index contributed by atoms with van der Waals surface area (Å²) < 4.78 is 5.02. The maximum Gasteiger partial charge on any atom is 0.188 e. The van der Waals surface area contributed by atoms with E-state index in [2.05, 4.69) is 10.3 Å². The van der Waals surface area contributed by atoms with Crippen molar-refractivity contribution in [1.29, 1.82) is 0 Å². The lowest BCUT2D eigenvalue weighted by Gasteiger charge is -2.20. The molecule has 1 atom stereocenters. The third-order valence-electron chi connectivity index (χ3n) is 2.67. The molecule has 16 heavy (non-hydrogen) atoms. The molecule has 1 heterocycles. The van der Waals surface area contributed by atoms with Crippen molar-refractivity contribution in [2.45, 2.75) is 25.8 Å². The molecule has 0 spiro atoms. The number of nitrogens with zero attached hydrogens (tertiary/aromatic N) is 1. The van der Waals surface area contributed by atoms with Crippen LogP contribution in [0.25, 0.3) is 0 Å². The quantitative estimate of drug-likeness (QED) is 0.562. The molecule has 1 unspecified atom stereocenters. The van der Waals surface area contributed by atoms with Gasteiger partial charge in [0.2, 0.25) is 0 Å². The van der Waals surface area contributed by atoms with E-state index in [0.717, 1.165) is 12.5 Å². The molecule has 0 radical (unpaired) electrons. The van der Waals surface area contributed by atoms with Crippen LogP contribution in [0.5, 0.6) is 0 Å². The van der Waals surface area contributed by atoms with Crippen molar-refractivity contribution in [2.75, 3.05) is 31.8 Å². The second-order valence-corrected chi connectivity index (χ2v) is 5.51. The van der Waals surface area contributed by atoms with Gasteiger partial charge in [0.15, 0.2) is 5.96 Å². The molecule has 1 rings (SSSR count). The number of ether oxygens (including phenoxy) is 1. The van der Waals surface area contributed by atoms with Crippen LogP contribution in [0, 0.1) is 5.92 Å². The van der Waals surface area contributed by atoms with E-state index in [9.17, 15) is 0 Å². The standard InChI is InChI=1S/C11H23N3OS/c1-9(8-15-2)14-11(12)13-7-10-3-5-16-6-4-10/h9-10H,3-8H2,1-2H3,(H3,12,13,14). The normalized spacial score (nSPS) is 20.8. The van der Waals surface area contributed by atoms with Gasteiger partial charge >= 0.3 is 0 Å². The van der Waals surface area contributed by atoms with Gasteiger partial charge in [0.1, 0.15) is 0 Å². The van der Waals surface area contributed by atoms with E-state index in [1.807, 2.05) is 18.7 Å². The highest BCUT2D eigenvalue weighted by molar-refractivity contribution is 7.99. The van der Waals surface area contributed by atoms with E-state index < -0.39 is 0 Å². The largest absolute Gasteiger partial charge is 0.383 e. The number of thioether (sulfide) groups is 1. The number of rotatable bonds is 5. The van der Waals surface area contributed by atoms with Crippen molar-refractivity contribution in [3.05, 3.63) is 0 Å². The Balaban J connectivity index is 2.21. The van der Waals surface area contributed by atoms with Gasteiger partial charge in [0.05, 0.1) is 6.61 Å². The molecule has 3 N–H and O–H groups in total. The van der Waals surface area contributed by atoms with Gasteiger partial charge in [0, 0.05) is 19.7 Å². The summed E-state index contributed by atoms with van der Waals surface area (Å²) in [5.41, 5.74) is 5.80. The first-order chi connectivity index (χ1) is 7.72. The Morgan fingerprint density at radius 2 is 2.25 bits per heavy atom. The number of hydrogen-bond donors (Lipinski definition) is 2. The number of guanidine groups is 1. The predicted molar refractivity (Wildman–Crippen MR) is 71.0 cm³/mol. The topological polar surface area (TPSA) is 59.6 Å². The van der Waals surface area contributed by atoms with E-state index in [1.54, 1.807) is 7.11 Å². The molecule has 0 amide bonds. The number of nitrogens with one attached hydrogen (secondary N) is 1. The van der Waals surface area contributed by atoms with E-state index in [-0.39, 0.29) is 6.04 Å². The van der Waals surface area contributed by atoms with Gasteiger partial charge in [-0.3, -0.25) is 4.99 Å². The summed E-state index contributed by atoms with van der Waals surface area (Å²) >= 11 is 2.04. The van der Waals surface area contributed by atoms with Crippen LogP contribution in [-0.4, -0.2) is 43.8 Å². The van der Waals surface area contributed by atoms with Crippen LogP contribution >= 0.6 is 11.8 Å². The Morgan fingerprint density at radius 1 is 1.56 bits per heavy atom. The minimum Gasteiger partial charge on any atom is -0.383 e. The van der Waals surface area contributed by atoms with Crippen molar-refractivity contribution in [1.82, 2.24) is 5.32 Å². The first-order valence-corrected chi connectivity index (χ1v) is 7.01. The van der Waals surface area contributed by atoms with Crippen molar-refractivity contribution in [2.24, 2.45) is 16.6 Å². The van der Waals surface area contributed by atoms with E-state index in [4.69, 9.17) is 10.5 Å². The van der Waals surface area contributed by atoms with Gasteiger partial charge in [-0.05, 0) is 37.2 Å². The second-order valence-electron chi connectivity index (χ2n) is 4.28. The first kappa shape index (κ1) is 13.6. The summed E-state index contributed by atoms with van der Waals surface area (Å²) in [5, 5.41) is 3.12. The lowest BCUT2D eigenvalue weighted by molar-refractivity contribution is 0.179. The Kier molecular flexibility index (Phi) is 6.64. The average Bonchev–Trinajstić information content (AvgIpc) is 2.28. The zero-order valence-corrected chi connectivity index (χ0v) is 11.1. The maximum absolute atomic E-state index is 5.80. The van der Waals surface area contributed by atoms with Crippen molar-refractivity contribution in [3.63, 3.8) is 0 Å². The molecule has 0 saturated carbocycles. The summed E-state index contributed by atoms with van der Waals surface area (Å²) in [5.74, 6) is 3.81. The Labute approximate surface area is 102 Å². The second kappa shape index (κ2) is 7.79. The Hall–Kier alpha value is -0.420. The van der Waals surface area contributed by atoms with E-state index >= 15 is 0 Å². The molecule has 1 aliphatic heterocycles. The fraction of sp³-hybridized carbons (Fsp3) is 0.909. The highest BCUT2D eigenvalue weighted by atomic mass is 32.2. The maximum atomic E-state index is 5.80. The van der Waals surface area contributed by atoms with Crippen molar-refractivity contribution < 1.29 is 4.74 Å². The van der Waals surface area contributed by atoms with Crippen molar-refractivity contribution >= 4 is 17.7 Å². The molecule has 4 nitrogen and oxygen atoms in total. The highest BCUT2D eigenvalue weighted by Crippen LogP contribution is 2.22. The number of aliphatic imine (C=N–C) groups is 1. The molecule has 0 bridgehead atoms. The van der Waals surface area contributed by atoms with Gasteiger partial charge in [-0.2, -0.15) is 11.8 Å². The van der Waals surface area contributed by atoms with Crippen LogP contribution in [0.2, 0.25) is 0 Å². The summed E-state index contributed by atoms with van der Waals surface area (Å²) in [7, 11) is 1.69. The fourth-order valence-corrected chi connectivity index (χ4v) is 2.95. The third kappa shape index (κ3) is 5.61. The van der Waals surface area contributed by atoms with Crippen LogP contribution < -0.4 is 11.1 Å². The molecule has 0 aromatic heterocycles. The Bertz CT molecular complexity index is 217. The van der Waals surface area contributed by atoms with Gasteiger partial charge < -0.3 is 15.8 Å². The van der Waals surface area contributed by atoms with Crippen LogP contribution in [0.3, 0.4) is 0 Å². The molecule has 1 saturated heterocycles. The monoisotopic (exact) mass is 245 g/mol. The summed E-state index contributed by atoms with van der Waals surface area (Å²) in [6, 6.07) is 0.218. The summed E-state index contributed by atoms with van der Waals surface area (Å²) in [6.07, 6.45) is 2.55. The first-order valence-electron chi connectivity index (χ1n) is 5.85.